The third-order valence-electron chi connectivity index (χ3n) is 3.61. The predicted octanol–water partition coefficient (Wildman–Crippen LogP) is 3.85. The molecule has 2 aromatic carbocycles. The molecule has 0 saturated carbocycles. The largest absolute Gasteiger partial charge is 0.487 e. The van der Waals surface area contributed by atoms with Crippen LogP contribution in [0, 0.1) is 0 Å². The van der Waals surface area contributed by atoms with Crippen molar-refractivity contribution in [1.82, 2.24) is 10.6 Å². The Morgan fingerprint density at radius 2 is 1.56 bits per heavy atom. The number of rotatable bonds is 11. The number of aliphatic hydroxyl groups is 1. The van der Waals surface area contributed by atoms with Crippen molar-refractivity contribution in [3.05, 3.63) is 62.5 Å². The highest BCUT2D eigenvalue weighted by Gasteiger charge is 2.09. The van der Waals surface area contributed by atoms with Gasteiger partial charge in [0, 0.05) is 13.1 Å². The van der Waals surface area contributed by atoms with E-state index in [9.17, 15) is 0 Å². The molecule has 0 radical (unpaired) electrons. The summed E-state index contributed by atoms with van der Waals surface area (Å²) in [5.74, 6) is 0.820. The second-order valence-electron chi connectivity index (χ2n) is 5.67. The molecule has 0 aliphatic rings. The minimum atomic E-state index is 0.189. The Hall–Kier alpha value is -0.920. The maximum atomic E-state index is 8.70. The number of aliphatic hydroxyl groups excluding tert-OH is 1. The molecule has 0 amide bonds. The summed E-state index contributed by atoms with van der Waals surface area (Å²) in [6.45, 7) is 4.03. The molecule has 0 unspecified atom stereocenters. The lowest BCUT2D eigenvalue weighted by Crippen LogP contribution is -2.23. The van der Waals surface area contributed by atoms with E-state index in [1.165, 1.54) is 5.56 Å². The first-order valence-electron chi connectivity index (χ1n) is 8.37. The fraction of sp³-hybridized carbons (Fsp3) is 0.368. The van der Waals surface area contributed by atoms with E-state index in [4.69, 9.17) is 9.84 Å². The number of nitrogens with one attached hydrogen (secondary N) is 2. The normalized spacial score (nSPS) is 10.8. The van der Waals surface area contributed by atoms with Gasteiger partial charge in [-0.15, -0.1) is 0 Å². The first kappa shape index (κ1) is 20.4. The SMILES string of the molecule is OCCNCCCNCc1cc(Br)c(OCc2ccccc2)c(Br)c1. The molecule has 0 aliphatic heterocycles. The standard InChI is InChI=1S/C19H24Br2N2O2/c20-17-11-16(13-23-8-4-7-22-9-10-24)12-18(21)19(17)25-14-15-5-2-1-3-6-15/h1-3,5-6,11-12,22-24H,4,7-10,13-14H2. The molecular formula is C19H24Br2N2O2. The summed E-state index contributed by atoms with van der Waals surface area (Å²) in [4.78, 5) is 0. The number of hydrogen-bond acceptors (Lipinski definition) is 4. The summed E-state index contributed by atoms with van der Waals surface area (Å²) >= 11 is 7.21. The summed E-state index contributed by atoms with van der Waals surface area (Å²) in [6.07, 6.45) is 1.03. The Kier molecular flexibility index (Phi) is 9.50. The van der Waals surface area contributed by atoms with Gasteiger partial charge in [0.25, 0.3) is 0 Å². The van der Waals surface area contributed by atoms with E-state index in [1.807, 2.05) is 18.2 Å². The molecule has 0 spiro atoms. The van der Waals surface area contributed by atoms with E-state index >= 15 is 0 Å². The monoisotopic (exact) mass is 470 g/mol. The van der Waals surface area contributed by atoms with Crippen molar-refractivity contribution in [2.24, 2.45) is 0 Å². The summed E-state index contributed by atoms with van der Waals surface area (Å²) < 4.78 is 7.83. The molecule has 0 saturated heterocycles. The lowest BCUT2D eigenvalue weighted by molar-refractivity contribution is 0.292. The maximum Gasteiger partial charge on any atom is 0.148 e. The first-order valence-corrected chi connectivity index (χ1v) is 9.96. The van der Waals surface area contributed by atoms with Gasteiger partial charge in [0.15, 0.2) is 0 Å². The molecule has 4 nitrogen and oxygen atoms in total. The number of ether oxygens (including phenoxy) is 1. The maximum absolute atomic E-state index is 8.70. The van der Waals surface area contributed by atoms with Crippen LogP contribution >= 0.6 is 31.9 Å². The van der Waals surface area contributed by atoms with Gasteiger partial charge in [-0.3, -0.25) is 0 Å². The van der Waals surface area contributed by atoms with Gasteiger partial charge in [-0.2, -0.15) is 0 Å². The van der Waals surface area contributed by atoms with E-state index in [0.29, 0.717) is 13.2 Å². The molecule has 0 atom stereocenters. The van der Waals surface area contributed by atoms with Crippen LogP contribution in [-0.4, -0.2) is 31.3 Å². The van der Waals surface area contributed by atoms with Crippen LogP contribution in [0.1, 0.15) is 17.5 Å². The van der Waals surface area contributed by atoms with Gasteiger partial charge in [0.05, 0.1) is 15.6 Å². The zero-order valence-electron chi connectivity index (χ0n) is 14.1. The highest BCUT2D eigenvalue weighted by Crippen LogP contribution is 2.35. The highest BCUT2D eigenvalue weighted by molar-refractivity contribution is 9.11. The minimum Gasteiger partial charge on any atom is -0.487 e. The van der Waals surface area contributed by atoms with Crippen LogP contribution in [0.3, 0.4) is 0 Å². The van der Waals surface area contributed by atoms with Gasteiger partial charge in [-0.1, -0.05) is 30.3 Å². The van der Waals surface area contributed by atoms with Gasteiger partial charge in [0.1, 0.15) is 12.4 Å². The van der Waals surface area contributed by atoms with E-state index in [-0.39, 0.29) is 6.61 Å². The molecule has 136 valence electrons. The average molecular weight is 472 g/mol. The molecule has 2 rings (SSSR count). The topological polar surface area (TPSA) is 53.5 Å². The van der Waals surface area contributed by atoms with Crippen molar-refractivity contribution in [3.8, 4) is 5.75 Å². The van der Waals surface area contributed by atoms with Gasteiger partial charge < -0.3 is 20.5 Å². The average Bonchev–Trinajstić information content (AvgIpc) is 2.61. The smallest absolute Gasteiger partial charge is 0.148 e. The summed E-state index contributed by atoms with van der Waals surface area (Å²) in [5, 5.41) is 15.3. The van der Waals surface area contributed by atoms with Crippen LogP contribution in [-0.2, 0) is 13.2 Å². The molecule has 0 bridgehead atoms. The zero-order chi connectivity index (χ0) is 17.9. The highest BCUT2D eigenvalue weighted by atomic mass is 79.9. The van der Waals surface area contributed by atoms with Crippen LogP contribution in [0.2, 0.25) is 0 Å². The molecule has 25 heavy (non-hydrogen) atoms. The third-order valence-corrected chi connectivity index (χ3v) is 4.79. The minimum absolute atomic E-state index is 0.189. The predicted molar refractivity (Wildman–Crippen MR) is 109 cm³/mol. The van der Waals surface area contributed by atoms with Crippen LogP contribution in [0.5, 0.6) is 5.75 Å². The molecule has 3 N–H and O–H groups in total. The second-order valence-corrected chi connectivity index (χ2v) is 7.38. The second kappa shape index (κ2) is 11.6. The van der Waals surface area contributed by atoms with E-state index in [0.717, 1.165) is 46.3 Å². The van der Waals surface area contributed by atoms with Crippen molar-refractivity contribution in [2.75, 3.05) is 26.2 Å². The Morgan fingerprint density at radius 3 is 2.24 bits per heavy atom. The van der Waals surface area contributed by atoms with E-state index in [2.05, 4.69) is 66.8 Å². The Balaban J connectivity index is 1.80. The van der Waals surface area contributed by atoms with Crippen molar-refractivity contribution < 1.29 is 9.84 Å². The Labute approximate surface area is 166 Å². The van der Waals surface area contributed by atoms with Gasteiger partial charge >= 0.3 is 0 Å². The molecule has 6 heteroatoms. The van der Waals surface area contributed by atoms with Gasteiger partial charge in [-0.05, 0) is 74.6 Å². The molecule has 0 heterocycles. The van der Waals surface area contributed by atoms with Crippen molar-refractivity contribution >= 4 is 31.9 Å². The fourth-order valence-electron chi connectivity index (χ4n) is 2.36. The number of hydrogen-bond donors (Lipinski definition) is 3. The number of benzene rings is 2. The Morgan fingerprint density at radius 1 is 0.880 bits per heavy atom. The number of halogens is 2. The van der Waals surface area contributed by atoms with Gasteiger partial charge in [-0.25, -0.2) is 0 Å². The van der Waals surface area contributed by atoms with E-state index in [1.54, 1.807) is 0 Å². The molecule has 0 aromatic heterocycles. The van der Waals surface area contributed by atoms with Crippen molar-refractivity contribution in [2.45, 2.75) is 19.6 Å². The van der Waals surface area contributed by atoms with Crippen LogP contribution in [0.25, 0.3) is 0 Å². The fourth-order valence-corrected chi connectivity index (χ4v) is 3.87. The Bertz CT molecular complexity index is 616. The molecule has 0 fully saturated rings. The summed E-state index contributed by atoms with van der Waals surface area (Å²) in [6, 6.07) is 14.3. The quantitative estimate of drug-likeness (QED) is 0.435. The lowest BCUT2D eigenvalue weighted by atomic mass is 10.2. The molecular weight excluding hydrogens is 448 g/mol. The van der Waals surface area contributed by atoms with Crippen molar-refractivity contribution in [3.63, 3.8) is 0 Å². The van der Waals surface area contributed by atoms with E-state index < -0.39 is 0 Å². The summed E-state index contributed by atoms with van der Waals surface area (Å²) in [7, 11) is 0. The van der Waals surface area contributed by atoms with Crippen LogP contribution in [0.15, 0.2) is 51.4 Å². The molecule has 0 aliphatic carbocycles. The third kappa shape index (κ3) is 7.46. The van der Waals surface area contributed by atoms with Crippen LogP contribution < -0.4 is 15.4 Å². The first-order chi connectivity index (χ1) is 12.2. The van der Waals surface area contributed by atoms with Gasteiger partial charge in [0.2, 0.25) is 0 Å². The molecule has 2 aromatic rings. The van der Waals surface area contributed by atoms with Crippen molar-refractivity contribution in [1.29, 1.82) is 0 Å². The summed E-state index contributed by atoms with van der Waals surface area (Å²) in [5.41, 5.74) is 2.33. The zero-order valence-corrected chi connectivity index (χ0v) is 17.3. The van der Waals surface area contributed by atoms with Crippen LogP contribution in [0.4, 0.5) is 0 Å². The lowest BCUT2D eigenvalue weighted by Gasteiger charge is -2.13.